The van der Waals surface area contributed by atoms with Crippen LogP contribution in [0.4, 0.5) is 25.1 Å². The number of alkyl halides is 3. The molecule has 11 heteroatoms. The van der Waals surface area contributed by atoms with Crippen LogP contribution in [0.3, 0.4) is 0 Å². The van der Waals surface area contributed by atoms with Crippen LogP contribution in [-0.2, 0) is 4.79 Å². The Labute approximate surface area is 143 Å². The van der Waals surface area contributed by atoms with Gasteiger partial charge in [-0.2, -0.15) is 28.1 Å². The van der Waals surface area contributed by atoms with Crippen LogP contribution in [-0.4, -0.2) is 77.1 Å². The van der Waals surface area contributed by atoms with E-state index in [1.807, 2.05) is 11.8 Å². The molecule has 1 unspecified atom stereocenters. The van der Waals surface area contributed by atoms with E-state index in [1.54, 1.807) is 19.0 Å². The molecule has 2 rings (SSSR count). The topological polar surface area (TPSA) is 91.5 Å². The van der Waals surface area contributed by atoms with Gasteiger partial charge in [0.1, 0.15) is 6.42 Å². The van der Waals surface area contributed by atoms with Gasteiger partial charge in [0, 0.05) is 40.3 Å². The van der Waals surface area contributed by atoms with Crippen LogP contribution in [0.15, 0.2) is 0 Å². The first-order valence-electron chi connectivity index (χ1n) is 7.84. The van der Waals surface area contributed by atoms with Crippen LogP contribution < -0.4 is 10.6 Å². The van der Waals surface area contributed by atoms with E-state index < -0.39 is 18.5 Å². The summed E-state index contributed by atoms with van der Waals surface area (Å²) in [6.45, 7) is 3.24. The lowest BCUT2D eigenvalue weighted by molar-refractivity contribution is -0.162. The molecule has 1 aromatic heterocycles. The van der Waals surface area contributed by atoms with Crippen molar-refractivity contribution in [3.8, 4) is 0 Å². The standard InChI is InChI=1S/C14H22F3N7O/c1-9(11-19-12(18)21-13(20-11)22(2)3)23-4-6-24(7-5-23)10(25)8-14(15,16)17/h9H,4-8H2,1-3H3,(H2,18,19,20,21). The number of nitrogens with two attached hydrogens (primary N) is 1. The number of nitrogens with zero attached hydrogens (tertiary/aromatic N) is 6. The van der Waals surface area contributed by atoms with E-state index in [0.717, 1.165) is 0 Å². The molecule has 0 radical (unpaired) electrons. The lowest BCUT2D eigenvalue weighted by Crippen LogP contribution is -2.50. The molecule has 0 spiro atoms. The van der Waals surface area contributed by atoms with Gasteiger partial charge in [-0.15, -0.1) is 0 Å². The van der Waals surface area contributed by atoms with Gasteiger partial charge in [0.15, 0.2) is 5.82 Å². The summed E-state index contributed by atoms with van der Waals surface area (Å²) in [5, 5.41) is 0. The maximum atomic E-state index is 12.3. The summed E-state index contributed by atoms with van der Waals surface area (Å²) in [7, 11) is 3.57. The number of amides is 1. The molecule has 2 heterocycles. The Morgan fingerprint density at radius 3 is 2.32 bits per heavy atom. The summed E-state index contributed by atoms with van der Waals surface area (Å²) < 4.78 is 37.0. The van der Waals surface area contributed by atoms with Gasteiger partial charge in [-0.1, -0.05) is 0 Å². The van der Waals surface area contributed by atoms with Crippen molar-refractivity contribution in [2.75, 3.05) is 50.9 Å². The summed E-state index contributed by atoms with van der Waals surface area (Å²) in [5.41, 5.74) is 5.72. The maximum absolute atomic E-state index is 12.3. The first-order valence-corrected chi connectivity index (χ1v) is 7.84. The normalized spacial score (nSPS) is 17.4. The molecule has 25 heavy (non-hydrogen) atoms. The zero-order chi connectivity index (χ0) is 18.8. The third kappa shape index (κ3) is 5.15. The molecule has 2 N–H and O–H groups in total. The minimum atomic E-state index is -4.48. The molecule has 0 bridgehead atoms. The summed E-state index contributed by atoms with van der Waals surface area (Å²) in [6, 6.07) is -0.191. The number of aromatic nitrogens is 3. The zero-order valence-corrected chi connectivity index (χ0v) is 14.4. The quantitative estimate of drug-likeness (QED) is 0.843. The molecule has 0 saturated carbocycles. The second-order valence-corrected chi connectivity index (χ2v) is 6.13. The van der Waals surface area contributed by atoms with Crippen molar-refractivity contribution in [2.24, 2.45) is 0 Å². The van der Waals surface area contributed by atoms with Gasteiger partial charge in [0.2, 0.25) is 17.8 Å². The van der Waals surface area contributed by atoms with Crippen molar-refractivity contribution in [1.82, 2.24) is 24.8 Å². The maximum Gasteiger partial charge on any atom is 0.397 e. The van der Waals surface area contributed by atoms with E-state index in [0.29, 0.717) is 24.9 Å². The number of piperazine rings is 1. The number of hydrogen-bond acceptors (Lipinski definition) is 7. The SMILES string of the molecule is CC(c1nc(N)nc(N(C)C)n1)N1CCN(C(=O)CC(F)(F)F)CC1. The fourth-order valence-corrected chi connectivity index (χ4v) is 2.59. The van der Waals surface area contributed by atoms with E-state index in [4.69, 9.17) is 5.73 Å². The monoisotopic (exact) mass is 361 g/mol. The number of carbonyl (C=O) groups is 1. The minimum Gasteiger partial charge on any atom is -0.368 e. The van der Waals surface area contributed by atoms with Crippen LogP contribution in [0.5, 0.6) is 0 Å². The van der Waals surface area contributed by atoms with Crippen molar-refractivity contribution in [2.45, 2.75) is 25.6 Å². The van der Waals surface area contributed by atoms with Crippen LogP contribution in [0, 0.1) is 0 Å². The summed E-state index contributed by atoms with van der Waals surface area (Å²) in [5.74, 6) is 0.151. The average molecular weight is 361 g/mol. The Morgan fingerprint density at radius 1 is 1.20 bits per heavy atom. The number of halogens is 3. The predicted octanol–water partition coefficient (Wildman–Crippen LogP) is 0.677. The van der Waals surface area contributed by atoms with E-state index in [2.05, 4.69) is 15.0 Å². The van der Waals surface area contributed by atoms with Gasteiger partial charge in [-0.25, -0.2) is 0 Å². The Morgan fingerprint density at radius 2 is 1.80 bits per heavy atom. The van der Waals surface area contributed by atoms with Gasteiger partial charge in [0.25, 0.3) is 0 Å². The molecule has 8 nitrogen and oxygen atoms in total. The Kier molecular flexibility index (Phi) is 5.65. The summed E-state index contributed by atoms with van der Waals surface area (Å²) >= 11 is 0. The van der Waals surface area contributed by atoms with Crippen LogP contribution in [0.2, 0.25) is 0 Å². The van der Waals surface area contributed by atoms with Crippen molar-refractivity contribution in [3.63, 3.8) is 0 Å². The Balaban J connectivity index is 2.00. The molecule has 140 valence electrons. The van der Waals surface area contributed by atoms with Crippen LogP contribution >= 0.6 is 0 Å². The number of hydrogen-bond donors (Lipinski definition) is 1. The number of nitrogen functional groups attached to an aromatic ring is 1. The highest BCUT2D eigenvalue weighted by molar-refractivity contribution is 5.77. The smallest absolute Gasteiger partial charge is 0.368 e. The van der Waals surface area contributed by atoms with Crippen LogP contribution in [0.1, 0.15) is 25.2 Å². The number of anilines is 2. The summed E-state index contributed by atoms with van der Waals surface area (Å²) in [4.78, 5) is 29.2. The molecule has 1 aliphatic rings. The van der Waals surface area contributed by atoms with Gasteiger partial charge in [0.05, 0.1) is 6.04 Å². The molecule has 1 aromatic rings. The van der Waals surface area contributed by atoms with E-state index >= 15 is 0 Å². The Hall–Kier alpha value is -2.17. The van der Waals surface area contributed by atoms with Crippen molar-refractivity contribution in [1.29, 1.82) is 0 Å². The van der Waals surface area contributed by atoms with Gasteiger partial charge < -0.3 is 15.5 Å². The number of rotatable bonds is 4. The molecular formula is C14H22F3N7O. The largest absolute Gasteiger partial charge is 0.397 e. The first kappa shape index (κ1) is 19.2. The zero-order valence-electron chi connectivity index (χ0n) is 14.4. The third-order valence-electron chi connectivity index (χ3n) is 4.00. The average Bonchev–Trinajstić information content (AvgIpc) is 2.52. The second kappa shape index (κ2) is 7.38. The molecule has 1 atom stereocenters. The van der Waals surface area contributed by atoms with Gasteiger partial charge in [-0.3, -0.25) is 9.69 Å². The molecular weight excluding hydrogens is 339 g/mol. The lowest BCUT2D eigenvalue weighted by Gasteiger charge is -2.37. The summed E-state index contributed by atoms with van der Waals surface area (Å²) in [6.07, 6.45) is -5.90. The highest BCUT2D eigenvalue weighted by Crippen LogP contribution is 2.23. The molecule has 1 fully saturated rings. The molecule has 1 aliphatic heterocycles. The van der Waals surface area contributed by atoms with Gasteiger partial charge >= 0.3 is 6.18 Å². The Bertz CT molecular complexity index is 615. The molecule has 1 saturated heterocycles. The van der Waals surface area contributed by atoms with Crippen molar-refractivity contribution >= 4 is 17.8 Å². The molecule has 1 amide bonds. The fourth-order valence-electron chi connectivity index (χ4n) is 2.59. The number of carbonyl (C=O) groups excluding carboxylic acids is 1. The fraction of sp³-hybridized carbons (Fsp3) is 0.714. The first-order chi connectivity index (χ1) is 11.6. The van der Waals surface area contributed by atoms with E-state index in [9.17, 15) is 18.0 Å². The van der Waals surface area contributed by atoms with Gasteiger partial charge in [-0.05, 0) is 6.92 Å². The lowest BCUT2D eigenvalue weighted by atomic mass is 10.2. The highest BCUT2D eigenvalue weighted by Gasteiger charge is 2.35. The van der Waals surface area contributed by atoms with Crippen molar-refractivity contribution in [3.05, 3.63) is 5.82 Å². The third-order valence-corrected chi connectivity index (χ3v) is 4.00. The molecule has 0 aromatic carbocycles. The van der Waals surface area contributed by atoms with Crippen molar-refractivity contribution < 1.29 is 18.0 Å². The highest BCUT2D eigenvalue weighted by atomic mass is 19.4. The molecule has 0 aliphatic carbocycles. The van der Waals surface area contributed by atoms with Crippen LogP contribution in [0.25, 0.3) is 0 Å². The minimum absolute atomic E-state index is 0.111. The van der Waals surface area contributed by atoms with E-state index in [1.165, 1.54) is 4.90 Å². The second-order valence-electron chi connectivity index (χ2n) is 6.13. The predicted molar refractivity (Wildman–Crippen MR) is 85.8 cm³/mol. The van der Waals surface area contributed by atoms with E-state index in [-0.39, 0.29) is 25.1 Å².